The van der Waals surface area contributed by atoms with Gasteiger partial charge in [0.15, 0.2) is 0 Å². The normalized spacial score (nSPS) is 22.2. The van der Waals surface area contributed by atoms with E-state index < -0.39 is 38.6 Å². The highest BCUT2D eigenvalue weighted by molar-refractivity contribution is 7.89. The molecule has 1 aromatic carbocycles. The number of hydrogen-bond donors (Lipinski definition) is 1. The molecule has 0 aliphatic carbocycles. The first-order valence-corrected chi connectivity index (χ1v) is 9.96. The zero-order valence-corrected chi connectivity index (χ0v) is 15.0. The smallest absolute Gasteiger partial charge is 0.322 e. The minimum Gasteiger partial charge on any atom is -0.379 e. The van der Waals surface area contributed by atoms with Gasteiger partial charge in [0, 0.05) is 26.2 Å². The Balaban J connectivity index is 1.69. The number of nitrogens with one attached hydrogen (secondary N) is 1. The van der Waals surface area contributed by atoms with Gasteiger partial charge in [-0.05, 0) is 25.0 Å². The molecular weight excluding hydrogens is 368 g/mol. The lowest BCUT2D eigenvalue weighted by atomic mass is 10.1. The first-order valence-electron chi connectivity index (χ1n) is 8.46. The highest BCUT2D eigenvalue weighted by Crippen LogP contribution is 2.23. The fourth-order valence-electron chi connectivity index (χ4n) is 3.18. The summed E-state index contributed by atoms with van der Waals surface area (Å²) >= 11 is 0. The molecule has 2 amide bonds. The zero-order chi connectivity index (χ0) is 18.7. The number of piperidine rings is 1. The molecule has 0 spiro atoms. The number of nitrogens with zero attached hydrogens (tertiary/aromatic N) is 2. The van der Waals surface area contributed by atoms with Gasteiger partial charge in [-0.25, -0.2) is 22.0 Å². The molecule has 26 heavy (non-hydrogen) atoms. The monoisotopic (exact) mass is 389 g/mol. The molecule has 2 aliphatic heterocycles. The van der Waals surface area contributed by atoms with Crippen LogP contribution in [0.15, 0.2) is 18.2 Å². The van der Waals surface area contributed by atoms with Crippen molar-refractivity contribution in [1.82, 2.24) is 9.21 Å². The van der Waals surface area contributed by atoms with E-state index >= 15 is 0 Å². The summed E-state index contributed by atoms with van der Waals surface area (Å²) < 4.78 is 59.5. The summed E-state index contributed by atoms with van der Waals surface area (Å²) in [5, 5.41) is 1.48. The first kappa shape index (κ1) is 19.0. The number of sulfonamides is 1. The molecule has 1 unspecified atom stereocenters. The van der Waals surface area contributed by atoms with Crippen LogP contribution in [0.2, 0.25) is 0 Å². The van der Waals surface area contributed by atoms with Gasteiger partial charge in [0.25, 0.3) is 0 Å². The fraction of sp³-hybridized carbons (Fsp3) is 0.562. The van der Waals surface area contributed by atoms with Crippen molar-refractivity contribution in [2.75, 3.05) is 44.7 Å². The van der Waals surface area contributed by atoms with Gasteiger partial charge < -0.3 is 15.0 Å². The number of ether oxygens (including phenoxy) is 1. The maximum atomic E-state index is 13.7. The number of carbonyl (C=O) groups is 1. The van der Waals surface area contributed by atoms with Crippen LogP contribution in [0.5, 0.6) is 0 Å². The second-order valence-electron chi connectivity index (χ2n) is 6.29. The Hall–Kier alpha value is -1.78. The van der Waals surface area contributed by atoms with Gasteiger partial charge >= 0.3 is 6.03 Å². The Morgan fingerprint density at radius 3 is 2.46 bits per heavy atom. The fourth-order valence-corrected chi connectivity index (χ4v) is 5.09. The van der Waals surface area contributed by atoms with E-state index in [9.17, 15) is 22.0 Å². The molecule has 1 N–H and O–H groups in total. The Bertz CT molecular complexity index is 749. The third kappa shape index (κ3) is 3.97. The van der Waals surface area contributed by atoms with Gasteiger partial charge in [0.05, 0.1) is 18.5 Å². The van der Waals surface area contributed by atoms with Crippen molar-refractivity contribution in [1.29, 1.82) is 0 Å². The van der Waals surface area contributed by atoms with E-state index in [4.69, 9.17) is 4.74 Å². The van der Waals surface area contributed by atoms with E-state index in [2.05, 4.69) is 5.32 Å². The van der Waals surface area contributed by atoms with Crippen molar-refractivity contribution < 1.29 is 26.7 Å². The van der Waals surface area contributed by atoms with Crippen LogP contribution >= 0.6 is 0 Å². The van der Waals surface area contributed by atoms with E-state index in [1.807, 2.05) is 0 Å². The van der Waals surface area contributed by atoms with Crippen LogP contribution < -0.4 is 5.32 Å². The number of halogens is 2. The van der Waals surface area contributed by atoms with Crippen molar-refractivity contribution in [3.63, 3.8) is 0 Å². The Kier molecular flexibility index (Phi) is 5.73. The van der Waals surface area contributed by atoms with Crippen molar-refractivity contribution in [3.05, 3.63) is 29.8 Å². The van der Waals surface area contributed by atoms with E-state index in [0.29, 0.717) is 45.7 Å². The maximum absolute atomic E-state index is 13.7. The van der Waals surface area contributed by atoms with Crippen LogP contribution in [0.25, 0.3) is 0 Å². The molecule has 1 aromatic rings. The average molecular weight is 389 g/mol. The van der Waals surface area contributed by atoms with Gasteiger partial charge in [0.2, 0.25) is 10.0 Å². The molecule has 10 heteroatoms. The third-order valence-electron chi connectivity index (χ3n) is 4.61. The summed E-state index contributed by atoms with van der Waals surface area (Å²) in [6, 6.07) is 2.57. The SMILES string of the molecule is O=C(Nc1c(F)cccc1F)N1CCCC(S(=O)(=O)N2CCOCC2)C1. The number of amides is 2. The van der Waals surface area contributed by atoms with Crippen LogP contribution in [-0.4, -0.2) is 68.3 Å². The number of urea groups is 1. The van der Waals surface area contributed by atoms with Crippen LogP contribution in [0.3, 0.4) is 0 Å². The summed E-state index contributed by atoms with van der Waals surface area (Å²) in [7, 11) is -3.56. The molecule has 144 valence electrons. The van der Waals surface area contributed by atoms with Crippen molar-refractivity contribution in [2.45, 2.75) is 18.1 Å². The summed E-state index contributed by atoms with van der Waals surface area (Å²) in [5.74, 6) is -1.76. The predicted octanol–water partition coefficient (Wildman–Crippen LogP) is 1.62. The number of likely N-dealkylation sites (tertiary alicyclic amines) is 1. The van der Waals surface area contributed by atoms with E-state index in [1.54, 1.807) is 0 Å². The summed E-state index contributed by atoms with van der Waals surface area (Å²) in [5.41, 5.74) is -0.532. The van der Waals surface area contributed by atoms with E-state index in [-0.39, 0.29) is 6.54 Å². The molecule has 0 bridgehead atoms. The predicted molar refractivity (Wildman–Crippen MR) is 91.3 cm³/mol. The summed E-state index contributed by atoms with van der Waals surface area (Å²) in [4.78, 5) is 13.7. The number of anilines is 1. The van der Waals surface area contributed by atoms with Crippen molar-refractivity contribution in [3.8, 4) is 0 Å². The van der Waals surface area contributed by atoms with Gasteiger partial charge in [-0.2, -0.15) is 4.31 Å². The Labute approximate surface area is 151 Å². The highest BCUT2D eigenvalue weighted by atomic mass is 32.2. The summed E-state index contributed by atoms with van der Waals surface area (Å²) in [6.45, 7) is 1.61. The number of benzene rings is 1. The summed E-state index contributed by atoms with van der Waals surface area (Å²) in [6.07, 6.45) is 0.943. The van der Waals surface area contributed by atoms with E-state index in [0.717, 1.165) is 12.1 Å². The second kappa shape index (κ2) is 7.85. The number of hydrogen-bond acceptors (Lipinski definition) is 4. The minimum absolute atomic E-state index is 0.0123. The Morgan fingerprint density at radius 2 is 1.81 bits per heavy atom. The minimum atomic E-state index is -3.56. The van der Waals surface area contributed by atoms with Crippen LogP contribution in [-0.2, 0) is 14.8 Å². The molecule has 2 aliphatic rings. The topological polar surface area (TPSA) is 79.0 Å². The maximum Gasteiger partial charge on any atom is 0.322 e. The quantitative estimate of drug-likeness (QED) is 0.852. The van der Waals surface area contributed by atoms with Crippen molar-refractivity contribution >= 4 is 21.7 Å². The lowest BCUT2D eigenvalue weighted by molar-refractivity contribution is 0.0721. The van der Waals surface area contributed by atoms with Crippen LogP contribution in [0.4, 0.5) is 19.3 Å². The molecule has 0 saturated carbocycles. The third-order valence-corrected chi connectivity index (χ3v) is 6.92. The zero-order valence-electron chi connectivity index (χ0n) is 14.2. The van der Waals surface area contributed by atoms with Crippen LogP contribution in [0.1, 0.15) is 12.8 Å². The molecule has 2 heterocycles. The highest BCUT2D eigenvalue weighted by Gasteiger charge is 2.37. The number of rotatable bonds is 3. The largest absolute Gasteiger partial charge is 0.379 e. The standard InChI is InChI=1S/C16H21F2N3O4S/c17-13-4-1-5-14(18)15(13)19-16(22)20-6-2-3-12(11-20)26(23,24)21-7-9-25-10-8-21/h1,4-5,12H,2-3,6-11H2,(H,19,22). The number of morpholine rings is 1. The van der Waals surface area contributed by atoms with Gasteiger partial charge in [-0.3, -0.25) is 0 Å². The molecule has 0 aromatic heterocycles. The molecule has 2 fully saturated rings. The molecule has 2 saturated heterocycles. The lowest BCUT2D eigenvalue weighted by Crippen LogP contribution is -2.52. The van der Waals surface area contributed by atoms with Crippen LogP contribution in [0, 0.1) is 11.6 Å². The first-order chi connectivity index (χ1) is 12.4. The average Bonchev–Trinajstić information content (AvgIpc) is 2.65. The molecular formula is C16H21F2N3O4S. The molecule has 7 nitrogen and oxygen atoms in total. The number of carbonyl (C=O) groups excluding carboxylic acids is 1. The second-order valence-corrected chi connectivity index (χ2v) is 8.51. The van der Waals surface area contributed by atoms with Gasteiger partial charge in [-0.1, -0.05) is 6.07 Å². The molecule has 1 atom stereocenters. The van der Waals surface area contributed by atoms with Gasteiger partial charge in [-0.15, -0.1) is 0 Å². The number of para-hydroxylation sites is 1. The van der Waals surface area contributed by atoms with E-state index in [1.165, 1.54) is 15.3 Å². The lowest BCUT2D eigenvalue weighted by Gasteiger charge is -2.36. The Morgan fingerprint density at radius 1 is 1.15 bits per heavy atom. The van der Waals surface area contributed by atoms with Crippen molar-refractivity contribution in [2.24, 2.45) is 0 Å². The molecule has 3 rings (SSSR count). The van der Waals surface area contributed by atoms with Gasteiger partial charge in [0.1, 0.15) is 17.3 Å². The molecule has 0 radical (unpaired) electrons.